The summed E-state index contributed by atoms with van der Waals surface area (Å²) >= 11 is 5.75. The van der Waals surface area contributed by atoms with Crippen LogP contribution in [-0.2, 0) is 6.61 Å². The van der Waals surface area contributed by atoms with Crippen LogP contribution in [0.4, 0.5) is 0 Å². The Bertz CT molecular complexity index is 819. The summed E-state index contributed by atoms with van der Waals surface area (Å²) in [6, 6.07) is 21.1. The molecular weight excluding hydrogens is 308 g/mol. The van der Waals surface area contributed by atoms with Gasteiger partial charge in [-0.2, -0.15) is 5.26 Å². The van der Waals surface area contributed by atoms with Gasteiger partial charge in [-0.15, -0.1) is 0 Å². The topological polar surface area (TPSA) is 45.9 Å². The zero-order chi connectivity index (χ0) is 16.1. The Morgan fingerprint density at radius 3 is 2.13 bits per heavy atom. The fourth-order valence-electron chi connectivity index (χ4n) is 2.14. The Hall–Kier alpha value is -2.83. The van der Waals surface area contributed by atoms with Gasteiger partial charge in [-0.05, 0) is 41.5 Å². The van der Waals surface area contributed by atoms with Crippen molar-refractivity contribution in [3.63, 3.8) is 0 Å². The lowest BCUT2D eigenvalue weighted by Crippen LogP contribution is -1.95. The summed E-state index contributed by atoms with van der Waals surface area (Å²) in [4.78, 5) is 4.02. The van der Waals surface area contributed by atoms with Crippen LogP contribution in [0.3, 0.4) is 0 Å². The molecule has 0 aliphatic carbocycles. The van der Waals surface area contributed by atoms with Crippen molar-refractivity contribution >= 4 is 11.6 Å². The molecule has 0 saturated carbocycles. The van der Waals surface area contributed by atoms with Crippen molar-refractivity contribution in [1.29, 1.82) is 5.26 Å². The van der Waals surface area contributed by atoms with Crippen LogP contribution in [0.25, 0.3) is 11.1 Å². The van der Waals surface area contributed by atoms with Crippen molar-refractivity contribution in [2.45, 2.75) is 6.61 Å². The minimum absolute atomic E-state index is 0.445. The normalized spacial score (nSPS) is 10.1. The fraction of sp³-hybridized carbons (Fsp3) is 0.0526. The zero-order valence-electron chi connectivity index (χ0n) is 12.2. The maximum Gasteiger partial charge on any atom is 0.129 e. The van der Waals surface area contributed by atoms with Gasteiger partial charge in [-0.25, -0.2) is 4.98 Å². The van der Waals surface area contributed by atoms with E-state index < -0.39 is 0 Å². The molecule has 3 aromatic rings. The lowest BCUT2D eigenvalue weighted by Gasteiger charge is -2.07. The van der Waals surface area contributed by atoms with Crippen molar-refractivity contribution in [1.82, 2.24) is 4.98 Å². The van der Waals surface area contributed by atoms with Crippen molar-refractivity contribution in [2.24, 2.45) is 0 Å². The third kappa shape index (κ3) is 3.88. The van der Waals surface area contributed by atoms with Crippen LogP contribution in [0.5, 0.6) is 5.75 Å². The molecule has 0 radical (unpaired) electrons. The van der Waals surface area contributed by atoms with E-state index in [0.717, 1.165) is 22.4 Å². The Morgan fingerprint density at radius 1 is 0.913 bits per heavy atom. The molecule has 0 atom stereocenters. The Labute approximate surface area is 139 Å². The van der Waals surface area contributed by atoms with Crippen LogP contribution >= 0.6 is 11.6 Å². The first kappa shape index (κ1) is 15.1. The highest BCUT2D eigenvalue weighted by atomic mass is 35.5. The predicted octanol–water partition coefficient (Wildman–Crippen LogP) is 4.85. The second-order valence-corrected chi connectivity index (χ2v) is 5.38. The number of ether oxygens (including phenoxy) is 1. The average Bonchev–Trinajstić information content (AvgIpc) is 2.62. The van der Waals surface area contributed by atoms with Gasteiger partial charge in [0.15, 0.2) is 0 Å². The van der Waals surface area contributed by atoms with Crippen molar-refractivity contribution in [2.75, 3.05) is 0 Å². The Balaban J connectivity index is 1.66. The molecule has 1 heterocycles. The van der Waals surface area contributed by atoms with Gasteiger partial charge in [-0.1, -0.05) is 41.9 Å². The monoisotopic (exact) mass is 320 g/mol. The van der Waals surface area contributed by atoms with Gasteiger partial charge in [-0.3, -0.25) is 0 Å². The first-order chi connectivity index (χ1) is 11.2. The molecule has 3 nitrogen and oxygen atoms in total. The predicted molar refractivity (Wildman–Crippen MR) is 90.2 cm³/mol. The number of rotatable bonds is 4. The number of benzene rings is 2. The molecule has 0 aliphatic heterocycles. The first-order valence-corrected chi connectivity index (χ1v) is 7.46. The van der Waals surface area contributed by atoms with Crippen LogP contribution in [0.2, 0.25) is 5.15 Å². The van der Waals surface area contributed by atoms with Gasteiger partial charge in [0.2, 0.25) is 0 Å². The summed E-state index contributed by atoms with van der Waals surface area (Å²) in [7, 11) is 0. The van der Waals surface area contributed by atoms with E-state index in [2.05, 4.69) is 11.1 Å². The van der Waals surface area contributed by atoms with Crippen molar-refractivity contribution in [3.8, 4) is 22.9 Å². The third-order valence-electron chi connectivity index (χ3n) is 3.40. The molecule has 23 heavy (non-hydrogen) atoms. The quantitative estimate of drug-likeness (QED) is 0.645. The molecule has 0 spiro atoms. The number of aromatic nitrogens is 1. The molecule has 0 unspecified atom stereocenters. The molecule has 0 fully saturated rings. The molecule has 0 bridgehead atoms. The number of halogens is 1. The van der Waals surface area contributed by atoms with E-state index >= 15 is 0 Å². The van der Waals surface area contributed by atoms with Gasteiger partial charge in [0.05, 0.1) is 11.6 Å². The van der Waals surface area contributed by atoms with E-state index in [1.165, 1.54) is 0 Å². The summed E-state index contributed by atoms with van der Waals surface area (Å²) < 4.78 is 5.73. The maximum atomic E-state index is 8.83. The standard InChI is InChI=1S/C19H13ClN2O/c20-19-10-3-15(12-22-19)13-23-18-8-6-17(7-9-18)16-4-1-14(11-21)2-5-16/h1-10,12H,13H2. The van der Waals surface area contributed by atoms with Crippen LogP contribution in [0.15, 0.2) is 66.9 Å². The highest BCUT2D eigenvalue weighted by Crippen LogP contribution is 2.23. The number of nitriles is 1. The number of hydrogen-bond acceptors (Lipinski definition) is 3. The summed E-state index contributed by atoms with van der Waals surface area (Å²) in [5.41, 5.74) is 3.77. The molecule has 0 amide bonds. The highest BCUT2D eigenvalue weighted by molar-refractivity contribution is 6.29. The molecule has 0 aliphatic rings. The van der Waals surface area contributed by atoms with E-state index in [0.29, 0.717) is 17.3 Å². The van der Waals surface area contributed by atoms with Crippen molar-refractivity contribution in [3.05, 3.63) is 83.1 Å². The van der Waals surface area contributed by atoms with Gasteiger partial charge < -0.3 is 4.74 Å². The summed E-state index contributed by atoms with van der Waals surface area (Å²) in [5.74, 6) is 0.789. The van der Waals surface area contributed by atoms with Gasteiger partial charge in [0.1, 0.15) is 17.5 Å². The minimum Gasteiger partial charge on any atom is -0.489 e. The molecular formula is C19H13ClN2O. The first-order valence-electron chi connectivity index (χ1n) is 7.08. The van der Waals surface area contributed by atoms with Gasteiger partial charge in [0.25, 0.3) is 0 Å². The lowest BCUT2D eigenvalue weighted by molar-refractivity contribution is 0.306. The smallest absolute Gasteiger partial charge is 0.129 e. The van der Waals surface area contributed by atoms with Crippen molar-refractivity contribution < 1.29 is 4.74 Å². The number of nitrogens with zero attached hydrogens (tertiary/aromatic N) is 2. The lowest BCUT2D eigenvalue weighted by atomic mass is 10.0. The molecule has 0 saturated heterocycles. The molecule has 2 aromatic carbocycles. The molecule has 1 aromatic heterocycles. The summed E-state index contributed by atoms with van der Waals surface area (Å²) in [5, 5.41) is 9.30. The van der Waals surface area contributed by atoms with E-state index in [-0.39, 0.29) is 0 Å². The second-order valence-electron chi connectivity index (χ2n) is 4.99. The minimum atomic E-state index is 0.445. The SMILES string of the molecule is N#Cc1ccc(-c2ccc(OCc3ccc(Cl)nc3)cc2)cc1. The maximum absolute atomic E-state index is 8.83. The van der Waals surface area contributed by atoms with E-state index in [4.69, 9.17) is 21.6 Å². The van der Waals surface area contributed by atoms with Crippen LogP contribution in [-0.4, -0.2) is 4.98 Å². The number of hydrogen-bond donors (Lipinski definition) is 0. The van der Waals surface area contributed by atoms with Crippen LogP contribution in [0, 0.1) is 11.3 Å². The van der Waals surface area contributed by atoms with E-state index in [9.17, 15) is 0 Å². The van der Waals surface area contributed by atoms with Crippen LogP contribution in [0.1, 0.15) is 11.1 Å². The van der Waals surface area contributed by atoms with Gasteiger partial charge in [0, 0.05) is 11.8 Å². The van der Waals surface area contributed by atoms with Crippen LogP contribution < -0.4 is 4.74 Å². The molecule has 0 N–H and O–H groups in total. The summed E-state index contributed by atoms with van der Waals surface area (Å²) in [6.07, 6.45) is 1.70. The fourth-order valence-corrected chi connectivity index (χ4v) is 2.25. The Morgan fingerprint density at radius 2 is 1.57 bits per heavy atom. The van der Waals surface area contributed by atoms with E-state index in [1.807, 2.05) is 54.6 Å². The highest BCUT2D eigenvalue weighted by Gasteiger charge is 2.01. The van der Waals surface area contributed by atoms with E-state index in [1.54, 1.807) is 12.3 Å². The number of pyridine rings is 1. The molecule has 4 heteroatoms. The molecule has 3 rings (SSSR count). The molecule has 112 valence electrons. The Kier molecular flexibility index (Phi) is 4.56. The summed E-state index contributed by atoms with van der Waals surface area (Å²) in [6.45, 7) is 0.445. The third-order valence-corrected chi connectivity index (χ3v) is 3.62. The largest absolute Gasteiger partial charge is 0.489 e. The van der Waals surface area contributed by atoms with Gasteiger partial charge >= 0.3 is 0 Å². The second kappa shape index (κ2) is 6.95. The average molecular weight is 321 g/mol. The zero-order valence-corrected chi connectivity index (χ0v) is 13.0.